The Morgan fingerprint density at radius 2 is 1.58 bits per heavy atom. The van der Waals surface area contributed by atoms with Gasteiger partial charge in [0.2, 0.25) is 0 Å². The van der Waals surface area contributed by atoms with Crippen LogP contribution in [0.15, 0.2) is 58.5 Å². The average Bonchev–Trinajstić information content (AvgIpc) is 3.15. The second-order valence-corrected chi connectivity index (χ2v) is 21.3. The van der Waals surface area contributed by atoms with Crippen molar-refractivity contribution in [1.82, 2.24) is 0 Å². The minimum atomic E-state index is -0.546. The van der Waals surface area contributed by atoms with Gasteiger partial charge >= 0.3 is 11.9 Å². The number of benzene rings is 2. The number of carbonyl (C=O) groups is 2. The second-order valence-electron chi connectivity index (χ2n) is 21.3. The molecule has 2 aliphatic heterocycles. The van der Waals surface area contributed by atoms with Crippen LogP contribution >= 0.6 is 0 Å². The lowest BCUT2D eigenvalue weighted by molar-refractivity contribution is -0.153. The molecule has 6 heteroatoms. The number of nitrogens with zero attached hydrogens (tertiary/aromatic N) is 2. The molecule has 2 aromatic rings. The lowest BCUT2D eigenvalue weighted by Crippen LogP contribution is -2.41. The van der Waals surface area contributed by atoms with E-state index in [2.05, 4.69) is 152 Å². The van der Waals surface area contributed by atoms with Crippen molar-refractivity contribution in [2.45, 2.75) is 192 Å². The van der Waals surface area contributed by atoms with E-state index < -0.39 is 12.1 Å². The van der Waals surface area contributed by atoms with Gasteiger partial charge in [-0.3, -0.25) is 9.98 Å². The van der Waals surface area contributed by atoms with E-state index in [1.807, 2.05) is 12.4 Å². The molecule has 2 bridgehead atoms. The van der Waals surface area contributed by atoms with Crippen molar-refractivity contribution in [3.8, 4) is 0 Å². The van der Waals surface area contributed by atoms with Crippen molar-refractivity contribution in [2.24, 2.45) is 56.3 Å². The van der Waals surface area contributed by atoms with Gasteiger partial charge in [0, 0.05) is 12.4 Å². The topological polar surface area (TPSA) is 77.3 Å². The van der Waals surface area contributed by atoms with E-state index in [0.717, 1.165) is 57.8 Å². The van der Waals surface area contributed by atoms with Gasteiger partial charge < -0.3 is 9.47 Å². The summed E-state index contributed by atoms with van der Waals surface area (Å²) >= 11 is 0. The molecule has 6 nitrogen and oxygen atoms in total. The van der Waals surface area contributed by atoms with Crippen LogP contribution in [0.25, 0.3) is 0 Å². The largest absolute Gasteiger partial charge is 0.464 e. The zero-order valence-electron chi connectivity index (χ0n) is 40.7. The highest BCUT2D eigenvalue weighted by atomic mass is 16.5. The zero-order chi connectivity index (χ0) is 44.8. The number of rotatable bonds is 15. The summed E-state index contributed by atoms with van der Waals surface area (Å²) in [7, 11) is 0. The monoisotopic (exact) mass is 827 g/mol. The minimum absolute atomic E-state index is 0.0188. The van der Waals surface area contributed by atoms with Gasteiger partial charge in [-0.15, -0.1) is 0 Å². The van der Waals surface area contributed by atoms with E-state index in [9.17, 15) is 9.59 Å². The highest BCUT2D eigenvalue weighted by molar-refractivity contribution is 5.79. The summed E-state index contributed by atoms with van der Waals surface area (Å²) in [5.41, 5.74) is 5.12. The van der Waals surface area contributed by atoms with Gasteiger partial charge in [0.1, 0.15) is 18.2 Å². The minimum Gasteiger partial charge on any atom is -0.464 e. The number of hydrogen-bond acceptors (Lipinski definition) is 6. The van der Waals surface area contributed by atoms with Crippen LogP contribution in [-0.2, 0) is 31.9 Å². The predicted octanol–water partition coefficient (Wildman–Crippen LogP) is 13.7. The number of fused-ring (bicyclic) bond motifs is 14. The van der Waals surface area contributed by atoms with Crippen LogP contribution in [0.5, 0.6) is 0 Å². The summed E-state index contributed by atoms with van der Waals surface area (Å²) in [5.74, 6) is 1.45. The fourth-order valence-corrected chi connectivity index (χ4v) is 8.63. The molecule has 2 aromatic carbocycles. The van der Waals surface area contributed by atoms with Crippen LogP contribution in [-0.4, -0.2) is 49.2 Å². The SMILES string of the molecule is CCCC1CCCC(CC(COC(=O)C(N=CC(C)Cc2ccc(C(C)C)cc2)C(C)C)C(C)(C)C(C)(C)C)CC(C)c2ccc(cc2)CC(C)C=NC(C(C)C)C(=O)O1. The Labute approximate surface area is 367 Å². The van der Waals surface area contributed by atoms with Crippen LogP contribution < -0.4 is 0 Å². The van der Waals surface area contributed by atoms with Crippen molar-refractivity contribution >= 4 is 24.4 Å². The number of carbonyl (C=O) groups excluding carboxylic acids is 2. The van der Waals surface area contributed by atoms with E-state index >= 15 is 0 Å². The van der Waals surface area contributed by atoms with Crippen LogP contribution in [0.4, 0.5) is 0 Å². The first kappa shape index (κ1) is 51.1. The number of aliphatic imine (C=N–C) groups is 2. The van der Waals surface area contributed by atoms with Crippen LogP contribution in [0.3, 0.4) is 0 Å². The molecule has 0 aromatic heterocycles. The van der Waals surface area contributed by atoms with Gasteiger partial charge in [0.25, 0.3) is 0 Å². The molecule has 0 aliphatic carbocycles. The van der Waals surface area contributed by atoms with Gasteiger partial charge in [-0.2, -0.15) is 0 Å². The number of hydrogen-bond donors (Lipinski definition) is 0. The third-order valence-corrected chi connectivity index (χ3v) is 13.8. The molecule has 0 spiro atoms. The van der Waals surface area contributed by atoms with Gasteiger partial charge in [-0.25, -0.2) is 9.59 Å². The second kappa shape index (κ2) is 23.8. The number of ether oxygens (including phenoxy) is 2. The molecule has 8 unspecified atom stereocenters. The fraction of sp³-hybridized carbons (Fsp3) is 0.704. The standard InChI is InChI=1S/C54H86N2O4/c1-16-18-48-20-17-19-44(31-41(10)46-27-23-43(24-28-46)30-40(9)34-56-50(38(6)7)52(58)60-48)32-47(54(14,15)53(11,12)13)35-59-51(57)49(37(4)5)55-33-39(8)29-42-21-25-45(26-22-42)36(2)3/h21-28,33-34,36-41,44,47-50H,16-20,29-32,35H2,1-15H3. The molecule has 2 heterocycles. The fourth-order valence-electron chi connectivity index (χ4n) is 8.63. The van der Waals surface area contributed by atoms with Gasteiger partial charge in [-0.05, 0) is 125 Å². The van der Waals surface area contributed by atoms with E-state index in [0.29, 0.717) is 24.4 Å². The Bertz CT molecular complexity index is 1630. The molecule has 336 valence electrons. The summed E-state index contributed by atoms with van der Waals surface area (Å²) in [5, 5.41) is 0. The average molecular weight is 827 g/mol. The molecular weight excluding hydrogens is 741 g/mol. The maximum absolute atomic E-state index is 14.0. The Balaban J connectivity index is 1.87. The quantitative estimate of drug-likeness (QED) is 0.132. The summed E-state index contributed by atoms with van der Waals surface area (Å²) in [4.78, 5) is 37.3. The van der Waals surface area contributed by atoms with Crippen molar-refractivity contribution in [3.05, 3.63) is 70.8 Å². The molecule has 0 N–H and O–H groups in total. The molecule has 60 heavy (non-hydrogen) atoms. The molecule has 0 saturated carbocycles. The first-order chi connectivity index (χ1) is 28.1. The van der Waals surface area contributed by atoms with Gasteiger partial charge in [0.05, 0.1) is 6.61 Å². The highest BCUT2D eigenvalue weighted by Crippen LogP contribution is 2.48. The normalized spacial score (nSPS) is 23.1. The Morgan fingerprint density at radius 1 is 0.933 bits per heavy atom. The maximum Gasteiger partial charge on any atom is 0.331 e. The summed E-state index contributed by atoms with van der Waals surface area (Å²) in [6.45, 7) is 33.5. The maximum atomic E-state index is 14.0. The molecule has 4 rings (SSSR count). The molecule has 0 amide bonds. The van der Waals surface area contributed by atoms with Crippen LogP contribution in [0.1, 0.15) is 183 Å². The van der Waals surface area contributed by atoms with Crippen molar-refractivity contribution in [3.63, 3.8) is 0 Å². The van der Waals surface area contributed by atoms with Gasteiger partial charge in [0.15, 0.2) is 0 Å². The van der Waals surface area contributed by atoms with E-state index in [1.165, 1.54) is 22.3 Å². The van der Waals surface area contributed by atoms with E-state index in [4.69, 9.17) is 19.5 Å². The first-order valence-corrected chi connectivity index (χ1v) is 23.7. The zero-order valence-corrected chi connectivity index (χ0v) is 40.7. The van der Waals surface area contributed by atoms with E-state index in [-0.39, 0.29) is 58.5 Å². The third-order valence-electron chi connectivity index (χ3n) is 13.8. The summed E-state index contributed by atoms with van der Waals surface area (Å²) < 4.78 is 12.6. The number of esters is 2. The van der Waals surface area contributed by atoms with Gasteiger partial charge in [-0.1, -0.05) is 165 Å². The third kappa shape index (κ3) is 15.9. The summed E-state index contributed by atoms with van der Waals surface area (Å²) in [6.07, 6.45) is 12.2. The molecule has 0 radical (unpaired) electrons. The lowest BCUT2D eigenvalue weighted by atomic mass is 9.60. The molecule has 8 atom stereocenters. The van der Waals surface area contributed by atoms with Crippen molar-refractivity contribution in [1.29, 1.82) is 0 Å². The Hall–Kier alpha value is -3.28. The molecule has 0 fully saturated rings. The summed E-state index contributed by atoms with van der Waals surface area (Å²) in [6, 6.07) is 17.0. The lowest BCUT2D eigenvalue weighted by Gasteiger charge is -2.46. The molecular formula is C54H86N2O4. The molecule has 0 saturated heterocycles. The van der Waals surface area contributed by atoms with E-state index in [1.54, 1.807) is 0 Å². The van der Waals surface area contributed by atoms with Crippen molar-refractivity contribution < 1.29 is 19.1 Å². The van der Waals surface area contributed by atoms with Crippen molar-refractivity contribution in [2.75, 3.05) is 6.61 Å². The smallest absolute Gasteiger partial charge is 0.331 e. The Kier molecular flexibility index (Phi) is 20.3. The highest BCUT2D eigenvalue weighted by Gasteiger charge is 2.42. The Morgan fingerprint density at radius 3 is 2.15 bits per heavy atom. The molecule has 2 aliphatic rings. The van der Waals surface area contributed by atoms with Crippen LogP contribution in [0.2, 0.25) is 0 Å². The first-order valence-electron chi connectivity index (χ1n) is 23.7. The van der Waals surface area contributed by atoms with Crippen LogP contribution in [0, 0.1) is 46.3 Å². The predicted molar refractivity (Wildman–Crippen MR) is 254 cm³/mol.